The zero-order chi connectivity index (χ0) is 12.2. The van der Waals surface area contributed by atoms with Gasteiger partial charge in [-0.25, -0.2) is 13.1 Å². The second-order valence-corrected chi connectivity index (χ2v) is 5.26. The molecule has 0 aliphatic heterocycles. The van der Waals surface area contributed by atoms with Gasteiger partial charge in [-0.1, -0.05) is 30.3 Å². The number of benzene rings is 1. The third-order valence-electron chi connectivity index (χ3n) is 1.81. The molecule has 1 rings (SSSR count). The van der Waals surface area contributed by atoms with Crippen LogP contribution in [0.5, 0.6) is 5.75 Å². The van der Waals surface area contributed by atoms with Gasteiger partial charge in [0.25, 0.3) is 0 Å². The smallest absolute Gasteiger partial charge is 0.244 e. The van der Waals surface area contributed by atoms with Gasteiger partial charge in [0.2, 0.25) is 10.0 Å². The van der Waals surface area contributed by atoms with E-state index in [0.29, 0.717) is 0 Å². The molecule has 0 aliphatic carbocycles. The van der Waals surface area contributed by atoms with Crippen LogP contribution in [0.3, 0.4) is 0 Å². The minimum absolute atomic E-state index is 0.0120. The average molecular weight is 262 g/mol. The molecule has 0 saturated carbocycles. The predicted molar refractivity (Wildman–Crippen MR) is 63.2 cm³/mol. The zero-order valence-electron chi connectivity index (χ0n) is 8.73. The number of hydrogen-bond acceptors (Lipinski definition) is 3. The molecule has 0 amide bonds. The van der Waals surface area contributed by atoms with Crippen molar-refractivity contribution in [2.75, 3.05) is 13.7 Å². The van der Waals surface area contributed by atoms with Crippen molar-refractivity contribution >= 4 is 21.6 Å². The van der Waals surface area contributed by atoms with E-state index in [1.54, 1.807) is 18.2 Å². The lowest BCUT2D eigenvalue weighted by Gasteiger charge is -2.09. The lowest BCUT2D eigenvalue weighted by molar-refractivity contribution is 0.402. The van der Waals surface area contributed by atoms with E-state index >= 15 is 0 Å². The molecule has 0 bridgehead atoms. The fourth-order valence-corrected chi connectivity index (χ4v) is 2.43. The topological polar surface area (TPSA) is 55.4 Å². The number of sulfonamides is 1. The van der Waals surface area contributed by atoms with Gasteiger partial charge < -0.3 is 4.74 Å². The first kappa shape index (κ1) is 13.0. The van der Waals surface area contributed by atoms with E-state index in [1.807, 2.05) is 0 Å². The summed E-state index contributed by atoms with van der Waals surface area (Å²) < 4.78 is 30.9. The lowest BCUT2D eigenvalue weighted by atomic mass is 10.3. The molecule has 0 unspecified atom stereocenters. The third kappa shape index (κ3) is 3.23. The van der Waals surface area contributed by atoms with Crippen LogP contribution < -0.4 is 9.46 Å². The summed E-state index contributed by atoms with van der Waals surface area (Å²) in [7, 11) is -2.21. The van der Waals surface area contributed by atoms with Gasteiger partial charge in [-0.3, -0.25) is 0 Å². The van der Waals surface area contributed by atoms with Crippen molar-refractivity contribution in [2.45, 2.75) is 4.90 Å². The molecule has 1 aromatic rings. The summed E-state index contributed by atoms with van der Waals surface area (Å²) in [6.45, 7) is 3.39. The second kappa shape index (κ2) is 5.34. The highest BCUT2D eigenvalue weighted by Crippen LogP contribution is 2.22. The molecule has 0 radical (unpaired) electrons. The number of methoxy groups -OCH3 is 1. The first-order valence-corrected chi connectivity index (χ1v) is 6.29. The minimum Gasteiger partial charge on any atom is -0.495 e. The maximum atomic E-state index is 11.8. The Hall–Kier alpha value is -1.04. The van der Waals surface area contributed by atoms with Crippen LogP contribution in [0.2, 0.25) is 0 Å². The van der Waals surface area contributed by atoms with Gasteiger partial charge >= 0.3 is 0 Å². The van der Waals surface area contributed by atoms with E-state index in [0.717, 1.165) is 0 Å². The van der Waals surface area contributed by atoms with Gasteiger partial charge in [-0.05, 0) is 12.1 Å². The first-order chi connectivity index (χ1) is 7.47. The number of rotatable bonds is 5. The molecule has 1 aromatic carbocycles. The number of hydrogen-bond donors (Lipinski definition) is 1. The molecule has 0 heterocycles. The fraction of sp³-hybridized carbons (Fsp3) is 0.200. The molecule has 16 heavy (non-hydrogen) atoms. The molecule has 0 aliphatic rings. The Morgan fingerprint density at radius 1 is 1.50 bits per heavy atom. The van der Waals surface area contributed by atoms with E-state index in [4.69, 9.17) is 16.3 Å². The van der Waals surface area contributed by atoms with Crippen molar-refractivity contribution in [3.8, 4) is 5.75 Å². The Morgan fingerprint density at radius 3 is 2.69 bits per heavy atom. The number of halogens is 1. The monoisotopic (exact) mass is 261 g/mol. The van der Waals surface area contributed by atoms with Crippen molar-refractivity contribution < 1.29 is 13.2 Å². The molecule has 0 saturated heterocycles. The van der Waals surface area contributed by atoms with Crippen molar-refractivity contribution in [3.63, 3.8) is 0 Å². The summed E-state index contributed by atoms with van der Waals surface area (Å²) in [6, 6.07) is 6.34. The Kier molecular flexibility index (Phi) is 4.35. The Labute approximate surface area is 99.9 Å². The highest BCUT2D eigenvalue weighted by atomic mass is 35.5. The normalized spacial score (nSPS) is 11.1. The summed E-state index contributed by atoms with van der Waals surface area (Å²) in [4.78, 5) is 0.0791. The lowest BCUT2D eigenvalue weighted by Crippen LogP contribution is -2.25. The Balaban J connectivity index is 3.02. The van der Waals surface area contributed by atoms with Crippen LogP contribution in [0.25, 0.3) is 0 Å². The van der Waals surface area contributed by atoms with Crippen molar-refractivity contribution in [1.29, 1.82) is 0 Å². The molecule has 0 aromatic heterocycles. The van der Waals surface area contributed by atoms with E-state index < -0.39 is 10.0 Å². The summed E-state index contributed by atoms with van der Waals surface area (Å²) >= 11 is 5.49. The number of ether oxygens (including phenoxy) is 1. The molecular formula is C10H12ClNO3S. The standard InChI is InChI=1S/C10H12ClNO3S/c1-8(11)7-12-16(13,14)10-6-4-3-5-9(10)15-2/h3-6,12H,1,7H2,2H3. The van der Waals surface area contributed by atoms with Gasteiger partial charge in [-0.2, -0.15) is 0 Å². The predicted octanol–water partition coefficient (Wildman–Crippen LogP) is 1.73. The van der Waals surface area contributed by atoms with E-state index in [9.17, 15) is 8.42 Å². The molecule has 88 valence electrons. The van der Waals surface area contributed by atoms with Crippen LogP contribution in [0.4, 0.5) is 0 Å². The molecule has 0 atom stereocenters. The highest BCUT2D eigenvalue weighted by Gasteiger charge is 2.18. The van der Waals surface area contributed by atoms with Crippen molar-refractivity contribution in [3.05, 3.63) is 35.9 Å². The van der Waals surface area contributed by atoms with Crippen LogP contribution in [0, 0.1) is 0 Å². The summed E-state index contributed by atoms with van der Waals surface area (Å²) in [5.41, 5.74) is 0. The van der Waals surface area contributed by atoms with Crippen LogP contribution in [0.1, 0.15) is 0 Å². The first-order valence-electron chi connectivity index (χ1n) is 4.43. The van der Waals surface area contributed by atoms with E-state index in [2.05, 4.69) is 11.3 Å². The third-order valence-corrected chi connectivity index (χ3v) is 3.39. The average Bonchev–Trinajstić information content (AvgIpc) is 2.26. The van der Waals surface area contributed by atoms with Crippen molar-refractivity contribution in [2.24, 2.45) is 0 Å². The van der Waals surface area contributed by atoms with Crippen LogP contribution >= 0.6 is 11.6 Å². The number of para-hydroxylation sites is 1. The van der Waals surface area contributed by atoms with Crippen molar-refractivity contribution in [1.82, 2.24) is 4.72 Å². The highest BCUT2D eigenvalue weighted by molar-refractivity contribution is 7.89. The summed E-state index contributed by atoms with van der Waals surface area (Å²) in [6.07, 6.45) is 0. The molecule has 0 fully saturated rings. The van der Waals surface area contributed by atoms with Gasteiger partial charge in [0.1, 0.15) is 10.6 Å². The van der Waals surface area contributed by atoms with E-state index in [1.165, 1.54) is 13.2 Å². The fourth-order valence-electron chi connectivity index (χ4n) is 1.09. The summed E-state index contributed by atoms with van der Waals surface area (Å²) in [5.74, 6) is 0.287. The zero-order valence-corrected chi connectivity index (χ0v) is 10.3. The second-order valence-electron chi connectivity index (χ2n) is 2.99. The number of nitrogens with one attached hydrogen (secondary N) is 1. The Bertz CT molecular complexity index is 485. The quantitative estimate of drug-likeness (QED) is 0.878. The maximum absolute atomic E-state index is 11.8. The minimum atomic E-state index is -3.62. The molecular weight excluding hydrogens is 250 g/mol. The SMILES string of the molecule is C=C(Cl)CNS(=O)(=O)c1ccccc1OC. The molecule has 6 heteroatoms. The van der Waals surface area contributed by atoms with Gasteiger partial charge in [0.15, 0.2) is 0 Å². The molecule has 0 spiro atoms. The molecule has 1 N–H and O–H groups in total. The largest absolute Gasteiger partial charge is 0.495 e. The van der Waals surface area contributed by atoms with E-state index in [-0.39, 0.29) is 22.2 Å². The maximum Gasteiger partial charge on any atom is 0.244 e. The van der Waals surface area contributed by atoms with Gasteiger partial charge in [0, 0.05) is 11.6 Å². The van der Waals surface area contributed by atoms with Crippen LogP contribution in [0.15, 0.2) is 40.8 Å². The van der Waals surface area contributed by atoms with Gasteiger partial charge in [-0.15, -0.1) is 0 Å². The van der Waals surface area contributed by atoms with Crippen LogP contribution in [-0.4, -0.2) is 22.1 Å². The summed E-state index contributed by atoms with van der Waals surface area (Å²) in [5, 5.41) is 0.221. The van der Waals surface area contributed by atoms with Crippen LogP contribution in [-0.2, 0) is 10.0 Å². The van der Waals surface area contributed by atoms with Gasteiger partial charge in [0.05, 0.1) is 7.11 Å². The Morgan fingerprint density at radius 2 is 2.12 bits per heavy atom. The molecule has 4 nitrogen and oxygen atoms in total.